The number of aromatic nitrogens is 1. The molecule has 6 heteroatoms. The second-order valence-electron chi connectivity index (χ2n) is 8.54. The number of amides is 1. The first-order valence-electron chi connectivity index (χ1n) is 9.99. The number of hydrogen-bond acceptors (Lipinski definition) is 4. The smallest absolute Gasteiger partial charge is 0.409 e. The number of rotatable bonds is 5. The minimum atomic E-state index is -0.611. The maximum absolute atomic E-state index is 13.4. The van der Waals surface area contributed by atoms with Crippen molar-refractivity contribution in [2.75, 3.05) is 14.1 Å². The minimum absolute atomic E-state index is 0.0294. The van der Waals surface area contributed by atoms with E-state index in [4.69, 9.17) is 4.74 Å². The van der Waals surface area contributed by atoms with E-state index in [1.165, 1.54) is 0 Å². The average Bonchev–Trinajstić information content (AvgIpc) is 2.67. The van der Waals surface area contributed by atoms with Crippen molar-refractivity contribution in [1.82, 2.24) is 14.8 Å². The molecule has 2 aromatic carbocycles. The number of nitrogens with one attached hydrogen (secondary N) is 1. The summed E-state index contributed by atoms with van der Waals surface area (Å²) in [6.45, 7) is 5.99. The maximum atomic E-state index is 13.4. The molecule has 3 rings (SSSR count). The van der Waals surface area contributed by atoms with Crippen LogP contribution in [0.25, 0.3) is 21.9 Å². The van der Waals surface area contributed by atoms with E-state index in [2.05, 4.69) is 5.32 Å². The molecule has 0 saturated carbocycles. The van der Waals surface area contributed by atoms with Gasteiger partial charge in [0.15, 0.2) is 0 Å². The number of benzene rings is 2. The van der Waals surface area contributed by atoms with Gasteiger partial charge in [-0.1, -0.05) is 48.5 Å². The molecule has 0 unspecified atom stereocenters. The van der Waals surface area contributed by atoms with Crippen LogP contribution >= 0.6 is 0 Å². The number of carbonyl (C=O) groups is 1. The number of fused-ring (bicyclic) bond motifs is 1. The van der Waals surface area contributed by atoms with Crippen molar-refractivity contribution in [2.45, 2.75) is 39.6 Å². The van der Waals surface area contributed by atoms with E-state index in [1.807, 2.05) is 73.6 Å². The molecule has 1 aromatic heterocycles. The van der Waals surface area contributed by atoms with E-state index in [-0.39, 0.29) is 12.2 Å². The summed E-state index contributed by atoms with van der Waals surface area (Å²) in [4.78, 5) is 27.6. The predicted octanol–water partition coefficient (Wildman–Crippen LogP) is 4.21. The number of nitrogens with zero attached hydrogens (tertiary/aromatic N) is 2. The molecule has 1 heterocycles. The van der Waals surface area contributed by atoms with Gasteiger partial charge in [0, 0.05) is 23.2 Å². The predicted molar refractivity (Wildman–Crippen MR) is 120 cm³/mol. The van der Waals surface area contributed by atoms with Crippen LogP contribution in [-0.2, 0) is 18.0 Å². The van der Waals surface area contributed by atoms with Crippen LogP contribution in [0.15, 0.2) is 59.4 Å². The highest BCUT2D eigenvalue weighted by atomic mass is 16.6. The molecule has 1 amide bonds. The Bertz CT molecular complexity index is 1100. The Labute approximate surface area is 177 Å². The van der Waals surface area contributed by atoms with Crippen molar-refractivity contribution in [1.29, 1.82) is 0 Å². The molecule has 30 heavy (non-hydrogen) atoms. The molecule has 3 aromatic rings. The second kappa shape index (κ2) is 8.71. The van der Waals surface area contributed by atoms with Crippen LogP contribution < -0.4 is 10.9 Å². The lowest BCUT2D eigenvalue weighted by atomic mass is 9.96. The Hall–Kier alpha value is -3.12. The lowest BCUT2D eigenvalue weighted by Gasteiger charge is -2.24. The van der Waals surface area contributed by atoms with Crippen LogP contribution in [0.3, 0.4) is 0 Å². The molecule has 0 aliphatic heterocycles. The molecule has 0 bridgehead atoms. The molecule has 0 radical (unpaired) electrons. The highest BCUT2D eigenvalue weighted by molar-refractivity contribution is 5.97. The van der Waals surface area contributed by atoms with Gasteiger partial charge in [0.2, 0.25) is 0 Å². The van der Waals surface area contributed by atoms with Crippen LogP contribution in [-0.4, -0.2) is 35.3 Å². The average molecular weight is 408 g/mol. The Morgan fingerprint density at radius 1 is 1.00 bits per heavy atom. The monoisotopic (exact) mass is 407 g/mol. The summed E-state index contributed by atoms with van der Waals surface area (Å²) in [7, 11) is 3.92. The molecular formula is C24H29N3O3. The van der Waals surface area contributed by atoms with E-state index in [1.54, 1.807) is 25.3 Å². The summed E-state index contributed by atoms with van der Waals surface area (Å²) < 4.78 is 6.98. The third-order valence-electron chi connectivity index (χ3n) is 4.60. The van der Waals surface area contributed by atoms with E-state index in [0.29, 0.717) is 11.9 Å². The molecule has 0 fully saturated rings. The standard InChI is InChI=1S/C24H29N3O3/c1-24(2,3)30-23(29)25-16-27-20(15-26(4)5)21(17-11-7-6-8-12-17)18-13-9-10-14-19(18)22(27)28/h6-14H,15-16H2,1-5H3,(H,25,29). The molecule has 6 nitrogen and oxygen atoms in total. The van der Waals surface area contributed by atoms with Crippen LogP contribution in [0.4, 0.5) is 4.79 Å². The fourth-order valence-electron chi connectivity index (χ4n) is 3.46. The second-order valence-corrected chi connectivity index (χ2v) is 8.54. The van der Waals surface area contributed by atoms with E-state index in [9.17, 15) is 9.59 Å². The van der Waals surface area contributed by atoms with Crippen molar-refractivity contribution in [3.63, 3.8) is 0 Å². The van der Waals surface area contributed by atoms with Gasteiger partial charge >= 0.3 is 6.09 Å². The lowest BCUT2D eigenvalue weighted by Crippen LogP contribution is -2.38. The summed E-state index contributed by atoms with van der Waals surface area (Å²) in [5, 5.41) is 4.25. The molecule has 0 atom stereocenters. The van der Waals surface area contributed by atoms with Gasteiger partial charge in [0.1, 0.15) is 12.3 Å². The highest BCUT2D eigenvalue weighted by Gasteiger charge is 2.20. The van der Waals surface area contributed by atoms with Gasteiger partial charge in [0.05, 0.1) is 0 Å². The van der Waals surface area contributed by atoms with Crippen molar-refractivity contribution < 1.29 is 9.53 Å². The van der Waals surface area contributed by atoms with Crippen molar-refractivity contribution in [3.8, 4) is 11.1 Å². The maximum Gasteiger partial charge on any atom is 0.409 e. The Morgan fingerprint density at radius 3 is 2.20 bits per heavy atom. The van der Waals surface area contributed by atoms with Gasteiger partial charge in [0.25, 0.3) is 5.56 Å². The summed E-state index contributed by atoms with van der Waals surface area (Å²) in [6, 6.07) is 17.6. The summed E-state index contributed by atoms with van der Waals surface area (Å²) in [6.07, 6.45) is -0.556. The van der Waals surface area contributed by atoms with E-state index >= 15 is 0 Å². The number of carbonyl (C=O) groups excluding carboxylic acids is 1. The van der Waals surface area contributed by atoms with Crippen molar-refractivity contribution in [2.24, 2.45) is 0 Å². The van der Waals surface area contributed by atoms with Gasteiger partial charge in [-0.3, -0.25) is 9.36 Å². The summed E-state index contributed by atoms with van der Waals surface area (Å²) in [5.74, 6) is 0. The molecule has 0 saturated heterocycles. The highest BCUT2D eigenvalue weighted by Crippen LogP contribution is 2.31. The zero-order valence-corrected chi connectivity index (χ0v) is 18.2. The lowest BCUT2D eigenvalue weighted by molar-refractivity contribution is 0.0510. The quantitative estimate of drug-likeness (QED) is 0.688. The van der Waals surface area contributed by atoms with Crippen LogP contribution in [0.5, 0.6) is 0 Å². The first kappa shape index (κ1) is 21.6. The topological polar surface area (TPSA) is 63.6 Å². The van der Waals surface area contributed by atoms with Crippen molar-refractivity contribution in [3.05, 3.63) is 70.6 Å². The van der Waals surface area contributed by atoms with Gasteiger partial charge < -0.3 is 15.0 Å². The summed E-state index contributed by atoms with van der Waals surface area (Å²) in [5.41, 5.74) is 2.10. The molecule has 0 spiro atoms. The molecule has 158 valence electrons. The zero-order chi connectivity index (χ0) is 21.9. The first-order chi connectivity index (χ1) is 14.2. The Kier molecular flexibility index (Phi) is 6.27. The fraction of sp³-hybridized carbons (Fsp3) is 0.333. The zero-order valence-electron chi connectivity index (χ0n) is 18.2. The van der Waals surface area contributed by atoms with Gasteiger partial charge in [-0.05, 0) is 51.9 Å². The molecule has 0 aliphatic rings. The normalized spacial score (nSPS) is 11.7. The molecule has 1 N–H and O–H groups in total. The minimum Gasteiger partial charge on any atom is -0.444 e. The molecule has 0 aliphatic carbocycles. The first-order valence-corrected chi connectivity index (χ1v) is 9.99. The Balaban J connectivity index is 2.19. The third-order valence-corrected chi connectivity index (χ3v) is 4.60. The van der Waals surface area contributed by atoms with E-state index in [0.717, 1.165) is 22.2 Å². The number of pyridine rings is 1. The van der Waals surface area contributed by atoms with Gasteiger partial charge in [-0.15, -0.1) is 0 Å². The fourth-order valence-corrected chi connectivity index (χ4v) is 3.46. The van der Waals surface area contributed by atoms with Crippen LogP contribution in [0.1, 0.15) is 26.5 Å². The van der Waals surface area contributed by atoms with Gasteiger partial charge in [-0.25, -0.2) is 4.79 Å². The SMILES string of the molecule is CN(C)Cc1c(-c2ccccc2)c2ccccc2c(=O)n1CNC(=O)OC(C)(C)C. The largest absolute Gasteiger partial charge is 0.444 e. The van der Waals surface area contributed by atoms with E-state index < -0.39 is 11.7 Å². The van der Waals surface area contributed by atoms with Crippen molar-refractivity contribution >= 4 is 16.9 Å². The summed E-state index contributed by atoms with van der Waals surface area (Å²) >= 11 is 0. The number of alkyl carbamates (subject to hydrolysis) is 1. The molecular weight excluding hydrogens is 378 g/mol. The third kappa shape index (κ3) is 4.89. The Morgan fingerprint density at radius 2 is 1.60 bits per heavy atom. The number of ether oxygens (including phenoxy) is 1. The number of hydrogen-bond donors (Lipinski definition) is 1. The van der Waals surface area contributed by atoms with Crippen LogP contribution in [0, 0.1) is 0 Å². The van der Waals surface area contributed by atoms with Gasteiger partial charge in [-0.2, -0.15) is 0 Å². The van der Waals surface area contributed by atoms with Crippen LogP contribution in [0.2, 0.25) is 0 Å².